The summed E-state index contributed by atoms with van der Waals surface area (Å²) in [6, 6.07) is 12.0. The molecular weight excluding hydrogens is 295 g/mol. The summed E-state index contributed by atoms with van der Waals surface area (Å²) in [5.41, 5.74) is 3.08. The number of carbonyl (C=O) groups excluding carboxylic acids is 1. The van der Waals surface area contributed by atoms with Crippen LogP contribution >= 0.6 is 0 Å². The van der Waals surface area contributed by atoms with Crippen molar-refractivity contribution in [2.75, 3.05) is 20.2 Å². The fraction of sp³-hybridized carbons (Fsp3) is 0.278. The van der Waals surface area contributed by atoms with Gasteiger partial charge in [-0.3, -0.25) is 4.79 Å². The first kappa shape index (κ1) is 15.5. The van der Waals surface area contributed by atoms with E-state index in [-0.39, 0.29) is 18.3 Å². The number of hydrogen-bond acceptors (Lipinski definition) is 3. The Morgan fingerprint density at radius 1 is 1.22 bits per heavy atom. The standard InChI is InChI=1S/C18H19FN2O2/c1-21(8-9-23-17-5-3-2-4-16(17)19)18(22)13-6-7-14-11-20-12-15(14)10-13/h2-7,10,20H,8-9,11-12H2,1H3. The van der Waals surface area contributed by atoms with Crippen LogP contribution in [0.5, 0.6) is 5.75 Å². The van der Waals surface area contributed by atoms with Crippen LogP contribution in [0.15, 0.2) is 42.5 Å². The van der Waals surface area contributed by atoms with Crippen molar-refractivity contribution in [2.24, 2.45) is 0 Å². The van der Waals surface area contributed by atoms with Crippen molar-refractivity contribution in [2.45, 2.75) is 13.1 Å². The van der Waals surface area contributed by atoms with E-state index in [2.05, 4.69) is 5.32 Å². The van der Waals surface area contributed by atoms with Gasteiger partial charge in [-0.05, 0) is 35.4 Å². The van der Waals surface area contributed by atoms with Gasteiger partial charge in [-0.1, -0.05) is 18.2 Å². The first-order valence-corrected chi connectivity index (χ1v) is 7.60. The smallest absolute Gasteiger partial charge is 0.253 e. The summed E-state index contributed by atoms with van der Waals surface area (Å²) >= 11 is 0. The van der Waals surface area contributed by atoms with Crippen molar-refractivity contribution in [3.63, 3.8) is 0 Å². The number of carbonyl (C=O) groups is 1. The molecule has 2 aromatic carbocycles. The third-order valence-corrected chi connectivity index (χ3v) is 3.95. The number of halogens is 1. The lowest BCUT2D eigenvalue weighted by molar-refractivity contribution is 0.0773. The van der Waals surface area contributed by atoms with Gasteiger partial charge < -0.3 is 15.0 Å². The Balaban J connectivity index is 1.56. The molecule has 120 valence electrons. The second-order valence-corrected chi connectivity index (χ2v) is 5.59. The molecule has 0 aromatic heterocycles. The minimum atomic E-state index is -0.396. The molecule has 1 amide bonds. The zero-order valence-corrected chi connectivity index (χ0v) is 13.0. The third kappa shape index (κ3) is 3.51. The molecule has 0 saturated carbocycles. The fourth-order valence-electron chi connectivity index (χ4n) is 2.60. The van der Waals surface area contributed by atoms with Crippen molar-refractivity contribution in [3.8, 4) is 5.75 Å². The maximum atomic E-state index is 13.5. The average molecular weight is 314 g/mol. The number of benzene rings is 2. The Labute approximate surface area is 134 Å². The number of hydrogen-bond donors (Lipinski definition) is 1. The summed E-state index contributed by atoms with van der Waals surface area (Å²) in [6.45, 7) is 2.30. The maximum absolute atomic E-state index is 13.5. The fourth-order valence-corrected chi connectivity index (χ4v) is 2.60. The molecule has 0 radical (unpaired) electrons. The highest BCUT2D eigenvalue weighted by Crippen LogP contribution is 2.18. The van der Waals surface area contributed by atoms with E-state index in [9.17, 15) is 9.18 Å². The summed E-state index contributed by atoms with van der Waals surface area (Å²) < 4.78 is 18.8. The van der Waals surface area contributed by atoms with Crippen LogP contribution in [-0.2, 0) is 13.1 Å². The van der Waals surface area contributed by atoms with Gasteiger partial charge in [0.1, 0.15) is 6.61 Å². The number of ether oxygens (including phenoxy) is 1. The molecule has 3 rings (SSSR count). The number of amides is 1. The molecule has 5 heteroatoms. The Morgan fingerprint density at radius 3 is 2.83 bits per heavy atom. The first-order valence-electron chi connectivity index (χ1n) is 7.60. The van der Waals surface area contributed by atoms with Crippen molar-refractivity contribution in [1.82, 2.24) is 10.2 Å². The van der Waals surface area contributed by atoms with E-state index in [4.69, 9.17) is 4.74 Å². The van der Waals surface area contributed by atoms with E-state index in [1.54, 1.807) is 30.1 Å². The molecule has 0 unspecified atom stereocenters. The largest absolute Gasteiger partial charge is 0.489 e. The number of rotatable bonds is 5. The van der Waals surface area contributed by atoms with Crippen LogP contribution in [0.1, 0.15) is 21.5 Å². The van der Waals surface area contributed by atoms with Crippen molar-refractivity contribution in [3.05, 3.63) is 65.0 Å². The SMILES string of the molecule is CN(CCOc1ccccc1F)C(=O)c1ccc2c(c1)CNC2. The van der Waals surface area contributed by atoms with Crippen molar-refractivity contribution in [1.29, 1.82) is 0 Å². The van der Waals surface area contributed by atoms with Gasteiger partial charge in [0.25, 0.3) is 5.91 Å². The van der Waals surface area contributed by atoms with Crippen LogP contribution in [0.4, 0.5) is 4.39 Å². The lowest BCUT2D eigenvalue weighted by atomic mass is 10.1. The van der Waals surface area contributed by atoms with Crippen LogP contribution < -0.4 is 10.1 Å². The van der Waals surface area contributed by atoms with Crippen LogP contribution in [0.25, 0.3) is 0 Å². The highest BCUT2D eigenvalue weighted by atomic mass is 19.1. The molecule has 0 fully saturated rings. The van der Waals surface area contributed by atoms with Gasteiger partial charge in [0, 0.05) is 25.7 Å². The summed E-state index contributed by atoms with van der Waals surface area (Å²) in [5, 5.41) is 3.26. The lowest BCUT2D eigenvalue weighted by Crippen LogP contribution is -2.31. The van der Waals surface area contributed by atoms with E-state index in [0.29, 0.717) is 12.1 Å². The minimum absolute atomic E-state index is 0.0585. The van der Waals surface area contributed by atoms with Gasteiger partial charge in [0.05, 0.1) is 6.54 Å². The maximum Gasteiger partial charge on any atom is 0.253 e. The molecule has 0 aliphatic carbocycles. The summed E-state index contributed by atoms with van der Waals surface area (Å²) in [6.07, 6.45) is 0. The molecule has 1 N–H and O–H groups in total. The summed E-state index contributed by atoms with van der Waals surface area (Å²) in [5.74, 6) is -0.249. The molecule has 0 bridgehead atoms. The van der Waals surface area contributed by atoms with Gasteiger partial charge >= 0.3 is 0 Å². The van der Waals surface area contributed by atoms with Crippen LogP contribution in [0.3, 0.4) is 0 Å². The molecule has 0 spiro atoms. The number of likely N-dealkylation sites (N-methyl/N-ethyl adjacent to an activating group) is 1. The van der Waals surface area contributed by atoms with Gasteiger partial charge in [-0.2, -0.15) is 0 Å². The first-order chi connectivity index (χ1) is 11.1. The highest BCUT2D eigenvalue weighted by Gasteiger charge is 2.16. The number of fused-ring (bicyclic) bond motifs is 1. The second-order valence-electron chi connectivity index (χ2n) is 5.59. The zero-order chi connectivity index (χ0) is 16.2. The third-order valence-electron chi connectivity index (χ3n) is 3.95. The van der Waals surface area contributed by atoms with Gasteiger partial charge in [-0.15, -0.1) is 0 Å². The number of nitrogens with one attached hydrogen (secondary N) is 1. The van der Waals surface area contributed by atoms with E-state index in [1.165, 1.54) is 17.2 Å². The summed E-state index contributed by atoms with van der Waals surface area (Å²) in [4.78, 5) is 14.0. The Bertz CT molecular complexity index is 718. The van der Waals surface area contributed by atoms with E-state index < -0.39 is 5.82 Å². The molecule has 4 nitrogen and oxygen atoms in total. The quantitative estimate of drug-likeness (QED) is 0.922. The Kier molecular flexibility index (Phi) is 4.57. The molecular formula is C18H19FN2O2. The van der Waals surface area contributed by atoms with E-state index in [1.807, 2.05) is 18.2 Å². The van der Waals surface area contributed by atoms with Gasteiger partial charge in [0.2, 0.25) is 0 Å². The molecule has 1 heterocycles. The number of para-hydroxylation sites is 1. The molecule has 1 aliphatic heterocycles. The molecule has 1 aliphatic rings. The van der Waals surface area contributed by atoms with Crippen LogP contribution in [0, 0.1) is 5.82 Å². The molecule has 2 aromatic rings. The predicted octanol–water partition coefficient (Wildman–Crippen LogP) is 2.58. The molecule has 23 heavy (non-hydrogen) atoms. The normalized spacial score (nSPS) is 12.8. The average Bonchev–Trinajstić information content (AvgIpc) is 3.03. The second kappa shape index (κ2) is 6.79. The molecule has 0 saturated heterocycles. The number of nitrogens with zero attached hydrogens (tertiary/aromatic N) is 1. The van der Waals surface area contributed by atoms with Crippen molar-refractivity contribution >= 4 is 5.91 Å². The van der Waals surface area contributed by atoms with E-state index in [0.717, 1.165) is 13.1 Å². The highest BCUT2D eigenvalue weighted by molar-refractivity contribution is 5.94. The van der Waals surface area contributed by atoms with E-state index >= 15 is 0 Å². The molecule has 0 atom stereocenters. The Hall–Kier alpha value is -2.40. The Morgan fingerprint density at radius 2 is 2.00 bits per heavy atom. The lowest BCUT2D eigenvalue weighted by Gasteiger charge is -2.18. The van der Waals surface area contributed by atoms with Crippen LogP contribution in [0.2, 0.25) is 0 Å². The van der Waals surface area contributed by atoms with Gasteiger partial charge in [-0.25, -0.2) is 4.39 Å². The topological polar surface area (TPSA) is 41.6 Å². The minimum Gasteiger partial charge on any atom is -0.489 e. The monoisotopic (exact) mass is 314 g/mol. The summed E-state index contributed by atoms with van der Waals surface area (Å²) in [7, 11) is 1.72. The van der Waals surface area contributed by atoms with Gasteiger partial charge in [0.15, 0.2) is 11.6 Å². The predicted molar refractivity (Wildman–Crippen MR) is 85.8 cm³/mol. The van der Waals surface area contributed by atoms with Crippen LogP contribution in [-0.4, -0.2) is 31.0 Å². The zero-order valence-electron chi connectivity index (χ0n) is 13.0. The van der Waals surface area contributed by atoms with Crippen molar-refractivity contribution < 1.29 is 13.9 Å².